The van der Waals surface area contributed by atoms with Crippen molar-refractivity contribution >= 4 is 23.2 Å². The van der Waals surface area contributed by atoms with Crippen molar-refractivity contribution in [2.45, 2.75) is 6.18 Å². The van der Waals surface area contributed by atoms with Crippen molar-refractivity contribution in [2.75, 3.05) is 20.8 Å². The molecule has 2 aromatic carbocycles. The first-order chi connectivity index (χ1) is 12.7. The Balaban J connectivity index is 2.29. The van der Waals surface area contributed by atoms with Crippen LogP contribution >= 0.6 is 23.2 Å². The van der Waals surface area contributed by atoms with Gasteiger partial charge in [-0.3, -0.25) is 0 Å². The molecule has 0 atom stereocenters. The van der Waals surface area contributed by atoms with E-state index in [4.69, 9.17) is 42.1 Å². The van der Waals surface area contributed by atoms with Gasteiger partial charge in [-0.25, -0.2) is 0 Å². The number of rotatable bonds is 7. The van der Waals surface area contributed by atoms with Crippen molar-refractivity contribution in [3.05, 3.63) is 52.5 Å². The summed E-state index contributed by atoms with van der Waals surface area (Å²) in [5, 5.41) is 0. The van der Waals surface area contributed by atoms with Crippen molar-refractivity contribution < 1.29 is 32.1 Å². The predicted molar refractivity (Wildman–Crippen MR) is 96.3 cm³/mol. The van der Waals surface area contributed by atoms with Crippen molar-refractivity contribution in [3.63, 3.8) is 0 Å². The zero-order chi connectivity index (χ0) is 20.0. The molecule has 4 nitrogen and oxygen atoms in total. The van der Waals surface area contributed by atoms with Gasteiger partial charge < -0.3 is 18.9 Å². The van der Waals surface area contributed by atoms with Crippen LogP contribution in [0.25, 0.3) is 0 Å². The summed E-state index contributed by atoms with van der Waals surface area (Å²) in [4.78, 5) is 0. The molecule has 0 aliphatic rings. The van der Waals surface area contributed by atoms with Crippen LogP contribution in [0.4, 0.5) is 13.2 Å². The predicted octanol–water partition coefficient (Wildman–Crippen LogP) is 6.21. The number of halogens is 5. The van der Waals surface area contributed by atoms with Gasteiger partial charge in [0.25, 0.3) is 0 Å². The van der Waals surface area contributed by atoms with E-state index >= 15 is 0 Å². The van der Waals surface area contributed by atoms with Gasteiger partial charge >= 0.3 is 6.18 Å². The Bertz CT molecular complexity index is 819. The fourth-order valence-corrected chi connectivity index (χ4v) is 2.26. The molecule has 0 unspecified atom stereocenters. The van der Waals surface area contributed by atoms with Crippen LogP contribution < -0.4 is 18.9 Å². The monoisotopic (exact) mass is 422 g/mol. The van der Waals surface area contributed by atoms with Gasteiger partial charge in [0, 0.05) is 6.07 Å². The summed E-state index contributed by atoms with van der Waals surface area (Å²) in [6.45, 7) is -0.207. The SMILES string of the molecule is COc1ccc(Oc2ccc(OCC=C(Cl)Cl)c(C(F)(F)F)c2)cc1OC. The van der Waals surface area contributed by atoms with E-state index < -0.39 is 11.7 Å². The molecular weight excluding hydrogens is 408 g/mol. The summed E-state index contributed by atoms with van der Waals surface area (Å²) >= 11 is 10.8. The van der Waals surface area contributed by atoms with Gasteiger partial charge in [-0.15, -0.1) is 0 Å². The molecule has 2 rings (SSSR count). The summed E-state index contributed by atoms with van der Waals surface area (Å²) < 4.78 is 60.7. The third-order valence-electron chi connectivity index (χ3n) is 3.32. The van der Waals surface area contributed by atoms with Gasteiger partial charge in [-0.1, -0.05) is 23.2 Å². The summed E-state index contributed by atoms with van der Waals surface area (Å²) in [6, 6.07) is 7.99. The first-order valence-corrected chi connectivity index (χ1v) is 8.25. The first kappa shape index (κ1) is 21.1. The number of ether oxygens (including phenoxy) is 4. The summed E-state index contributed by atoms with van der Waals surface area (Å²) in [5.74, 6) is 0.749. The molecular formula is C18H15Cl2F3O4. The van der Waals surface area contributed by atoms with E-state index in [0.717, 1.165) is 12.1 Å². The third kappa shape index (κ3) is 5.87. The lowest BCUT2D eigenvalue weighted by Crippen LogP contribution is -2.09. The summed E-state index contributed by atoms with van der Waals surface area (Å²) in [6.07, 6.45) is -3.40. The van der Waals surface area contributed by atoms with Gasteiger partial charge in [0.15, 0.2) is 11.5 Å². The Hall–Kier alpha value is -2.25. The maximum Gasteiger partial charge on any atom is 0.420 e. The van der Waals surface area contributed by atoms with Crippen molar-refractivity contribution in [2.24, 2.45) is 0 Å². The largest absolute Gasteiger partial charge is 0.493 e. The van der Waals surface area contributed by atoms with E-state index in [2.05, 4.69) is 0 Å². The Morgan fingerprint density at radius 3 is 2.07 bits per heavy atom. The number of methoxy groups -OCH3 is 2. The number of benzene rings is 2. The average Bonchev–Trinajstić information content (AvgIpc) is 2.61. The molecule has 0 heterocycles. The fourth-order valence-electron chi connectivity index (χ4n) is 2.13. The molecule has 0 aromatic heterocycles. The fraction of sp³-hybridized carbons (Fsp3) is 0.222. The van der Waals surface area contributed by atoms with Gasteiger partial charge in [0.2, 0.25) is 0 Å². The zero-order valence-corrected chi connectivity index (χ0v) is 15.8. The second kappa shape index (κ2) is 9.10. The number of hydrogen-bond acceptors (Lipinski definition) is 4. The summed E-state index contributed by atoms with van der Waals surface area (Å²) in [7, 11) is 2.91. The van der Waals surface area contributed by atoms with E-state index in [-0.39, 0.29) is 28.3 Å². The second-order valence-electron chi connectivity index (χ2n) is 5.08. The minimum atomic E-state index is -4.64. The standard InChI is InChI=1S/C18H15Cl2F3O4/c1-24-15-6-4-12(10-16(15)25-2)27-11-3-5-14(26-8-7-17(19)20)13(9-11)18(21,22)23/h3-7,9-10H,8H2,1-2H3. The molecule has 2 aromatic rings. The van der Waals surface area contributed by atoms with E-state index in [1.165, 1.54) is 32.4 Å². The van der Waals surface area contributed by atoms with Crippen LogP contribution in [0, 0.1) is 0 Å². The first-order valence-electron chi connectivity index (χ1n) is 7.49. The minimum Gasteiger partial charge on any atom is -0.493 e. The molecule has 146 valence electrons. The zero-order valence-electron chi connectivity index (χ0n) is 14.3. The van der Waals surface area contributed by atoms with Gasteiger partial charge in [0.05, 0.1) is 14.2 Å². The van der Waals surface area contributed by atoms with Crippen LogP contribution in [0.5, 0.6) is 28.7 Å². The molecule has 0 saturated carbocycles. The smallest absolute Gasteiger partial charge is 0.420 e. The Morgan fingerprint density at radius 2 is 1.52 bits per heavy atom. The Kier molecular flexibility index (Phi) is 7.10. The van der Waals surface area contributed by atoms with Crippen molar-refractivity contribution in [1.29, 1.82) is 0 Å². The van der Waals surface area contributed by atoms with Gasteiger partial charge in [0.1, 0.15) is 33.9 Å². The highest BCUT2D eigenvalue weighted by molar-refractivity contribution is 6.55. The lowest BCUT2D eigenvalue weighted by molar-refractivity contribution is -0.138. The quantitative estimate of drug-likeness (QED) is 0.531. The van der Waals surface area contributed by atoms with Crippen molar-refractivity contribution in [1.82, 2.24) is 0 Å². The highest BCUT2D eigenvalue weighted by Crippen LogP contribution is 2.40. The van der Waals surface area contributed by atoms with Crippen LogP contribution in [-0.4, -0.2) is 20.8 Å². The van der Waals surface area contributed by atoms with Crippen LogP contribution in [0.3, 0.4) is 0 Å². The molecule has 0 N–H and O–H groups in total. The van der Waals surface area contributed by atoms with Crippen LogP contribution in [0.1, 0.15) is 5.56 Å². The minimum absolute atomic E-state index is 0.0205. The average molecular weight is 423 g/mol. The van der Waals surface area contributed by atoms with Crippen LogP contribution in [0.2, 0.25) is 0 Å². The highest BCUT2D eigenvalue weighted by Gasteiger charge is 2.35. The molecule has 0 fully saturated rings. The molecule has 9 heteroatoms. The van der Waals surface area contributed by atoms with E-state index in [1.54, 1.807) is 12.1 Å². The number of hydrogen-bond donors (Lipinski definition) is 0. The molecule has 0 aliphatic heterocycles. The molecule has 0 bridgehead atoms. The van der Waals surface area contributed by atoms with Gasteiger partial charge in [-0.2, -0.15) is 13.2 Å². The molecule has 0 aliphatic carbocycles. The molecule has 0 radical (unpaired) electrons. The Labute approximate surface area is 164 Å². The second-order valence-corrected chi connectivity index (χ2v) is 6.09. The maximum absolute atomic E-state index is 13.3. The van der Waals surface area contributed by atoms with Crippen LogP contribution in [0.15, 0.2) is 47.0 Å². The van der Waals surface area contributed by atoms with E-state index in [0.29, 0.717) is 11.5 Å². The van der Waals surface area contributed by atoms with Crippen molar-refractivity contribution in [3.8, 4) is 28.7 Å². The highest BCUT2D eigenvalue weighted by atomic mass is 35.5. The molecule has 27 heavy (non-hydrogen) atoms. The van der Waals surface area contributed by atoms with Crippen LogP contribution in [-0.2, 0) is 6.18 Å². The molecule has 0 amide bonds. The van der Waals surface area contributed by atoms with E-state index in [1.807, 2.05) is 0 Å². The number of alkyl halides is 3. The van der Waals surface area contributed by atoms with E-state index in [9.17, 15) is 13.2 Å². The lowest BCUT2D eigenvalue weighted by Gasteiger charge is -2.15. The van der Waals surface area contributed by atoms with Gasteiger partial charge in [-0.05, 0) is 36.4 Å². The maximum atomic E-state index is 13.3. The molecule has 0 spiro atoms. The topological polar surface area (TPSA) is 36.9 Å². The lowest BCUT2D eigenvalue weighted by atomic mass is 10.2. The molecule has 0 saturated heterocycles. The summed E-state index contributed by atoms with van der Waals surface area (Å²) in [5.41, 5.74) is -0.987. The normalized spacial score (nSPS) is 10.9. The third-order valence-corrected chi connectivity index (χ3v) is 3.63. The Morgan fingerprint density at radius 1 is 0.926 bits per heavy atom.